The summed E-state index contributed by atoms with van der Waals surface area (Å²) >= 11 is 0. The van der Waals surface area contributed by atoms with Crippen LogP contribution in [0.4, 0.5) is 0 Å². The number of hydrogen-bond acceptors (Lipinski definition) is 5. The quantitative estimate of drug-likeness (QED) is 0.578. The number of carbonyl (C=O) groups is 3. The largest absolute Gasteiger partial charge is 0.479 e. The lowest BCUT2D eigenvalue weighted by atomic mass is 9.92. The molecule has 0 amide bonds. The summed E-state index contributed by atoms with van der Waals surface area (Å²) < 4.78 is 5.07. The zero-order valence-electron chi connectivity index (χ0n) is 12.3. The molecule has 0 aliphatic heterocycles. The summed E-state index contributed by atoms with van der Waals surface area (Å²) in [6.07, 6.45) is 2.23. The first-order valence-corrected chi connectivity index (χ1v) is 6.63. The highest BCUT2D eigenvalue weighted by Crippen LogP contribution is 2.15. The zero-order valence-corrected chi connectivity index (χ0v) is 12.3. The van der Waals surface area contributed by atoms with Gasteiger partial charge >= 0.3 is 5.97 Å². The maximum absolute atomic E-state index is 12.3. The van der Waals surface area contributed by atoms with Gasteiger partial charge in [0.15, 0.2) is 11.9 Å². The van der Waals surface area contributed by atoms with Crippen LogP contribution in [0.1, 0.15) is 36.2 Å². The Bertz CT molecular complexity index is 541. The Morgan fingerprint density at radius 1 is 1.33 bits per heavy atom. The van der Waals surface area contributed by atoms with E-state index in [0.29, 0.717) is 5.56 Å². The van der Waals surface area contributed by atoms with Crippen molar-refractivity contribution in [2.45, 2.75) is 33.3 Å². The molecule has 0 radical (unpaired) electrons. The Labute approximate surface area is 123 Å². The first kappa shape index (κ1) is 17.0. The van der Waals surface area contributed by atoms with Gasteiger partial charge in [-0.05, 0) is 38.8 Å². The molecule has 0 fully saturated rings. The van der Waals surface area contributed by atoms with Crippen LogP contribution in [-0.2, 0) is 14.3 Å². The van der Waals surface area contributed by atoms with E-state index < -0.39 is 18.0 Å². The molecule has 0 saturated heterocycles. The van der Waals surface area contributed by atoms with Crippen LogP contribution in [0.15, 0.2) is 18.5 Å². The number of pyridine rings is 1. The summed E-state index contributed by atoms with van der Waals surface area (Å²) in [4.78, 5) is 38.5. The maximum Gasteiger partial charge on any atom is 0.332 e. The Kier molecular flexibility index (Phi) is 6.17. The highest BCUT2D eigenvalue weighted by Gasteiger charge is 2.25. The number of aryl methyl sites for hydroxylation is 1. The van der Waals surface area contributed by atoms with Gasteiger partial charge in [-0.15, -0.1) is 0 Å². The molecular weight excluding hydrogens is 274 g/mol. The lowest BCUT2D eigenvalue weighted by Crippen LogP contribution is -2.26. The molecule has 2 unspecified atom stereocenters. The molecule has 1 heterocycles. The summed E-state index contributed by atoms with van der Waals surface area (Å²) in [5, 5.41) is 8.71. The number of hydrogen-bond donors (Lipinski definition) is 1. The molecule has 1 aromatic rings. The molecule has 0 aromatic carbocycles. The smallest absolute Gasteiger partial charge is 0.332 e. The number of rotatable bonds is 8. The second kappa shape index (κ2) is 7.64. The summed E-state index contributed by atoms with van der Waals surface area (Å²) in [5.41, 5.74) is 1.21. The standard InChI is InChI=1S/C15H19NO5/c1-9-6-12(8-16-7-9)14(18)13(10(2)17)4-5-21-11(3)15(19)20/h6-8,11,13H,4-5H2,1-3H3,(H,19,20). The van der Waals surface area contributed by atoms with Crippen LogP contribution in [0.2, 0.25) is 0 Å². The van der Waals surface area contributed by atoms with Crippen molar-refractivity contribution in [3.8, 4) is 0 Å². The fraction of sp³-hybridized carbons (Fsp3) is 0.467. The van der Waals surface area contributed by atoms with Crippen molar-refractivity contribution in [2.75, 3.05) is 6.61 Å². The third kappa shape index (κ3) is 5.07. The van der Waals surface area contributed by atoms with Crippen LogP contribution in [0.3, 0.4) is 0 Å². The van der Waals surface area contributed by atoms with Crippen molar-refractivity contribution in [1.82, 2.24) is 4.98 Å². The number of carboxylic acid groups (broad SMARTS) is 1. The topological polar surface area (TPSA) is 93.6 Å². The van der Waals surface area contributed by atoms with Gasteiger partial charge < -0.3 is 9.84 Å². The third-order valence-electron chi connectivity index (χ3n) is 3.09. The maximum atomic E-state index is 12.3. The highest BCUT2D eigenvalue weighted by atomic mass is 16.5. The molecule has 114 valence electrons. The van der Waals surface area contributed by atoms with Crippen molar-refractivity contribution in [3.05, 3.63) is 29.6 Å². The molecule has 0 aliphatic rings. The number of carboxylic acids is 1. The van der Waals surface area contributed by atoms with Crippen molar-refractivity contribution < 1.29 is 24.2 Å². The average molecular weight is 293 g/mol. The number of ether oxygens (including phenoxy) is 1. The second-order valence-electron chi connectivity index (χ2n) is 4.92. The monoisotopic (exact) mass is 293 g/mol. The number of ketones is 2. The molecule has 1 N–H and O–H groups in total. The van der Waals surface area contributed by atoms with Gasteiger partial charge in [0.25, 0.3) is 0 Å². The van der Waals surface area contributed by atoms with E-state index in [9.17, 15) is 14.4 Å². The molecule has 21 heavy (non-hydrogen) atoms. The minimum atomic E-state index is -1.08. The lowest BCUT2D eigenvalue weighted by Gasteiger charge is -2.14. The molecule has 0 spiro atoms. The molecular formula is C15H19NO5. The van der Waals surface area contributed by atoms with Crippen molar-refractivity contribution in [3.63, 3.8) is 0 Å². The van der Waals surface area contributed by atoms with Crippen LogP contribution in [0.5, 0.6) is 0 Å². The van der Waals surface area contributed by atoms with E-state index in [1.807, 2.05) is 6.92 Å². The zero-order chi connectivity index (χ0) is 16.0. The fourth-order valence-electron chi connectivity index (χ4n) is 1.84. The van der Waals surface area contributed by atoms with Gasteiger partial charge in [-0.3, -0.25) is 14.6 Å². The normalized spacial score (nSPS) is 13.5. The van der Waals surface area contributed by atoms with Crippen LogP contribution >= 0.6 is 0 Å². The van der Waals surface area contributed by atoms with Gasteiger partial charge in [-0.1, -0.05) is 0 Å². The van der Waals surface area contributed by atoms with E-state index in [0.717, 1.165) is 5.56 Å². The van der Waals surface area contributed by atoms with E-state index in [1.165, 1.54) is 20.0 Å². The van der Waals surface area contributed by atoms with E-state index in [2.05, 4.69) is 4.98 Å². The number of aliphatic carboxylic acids is 1. The van der Waals surface area contributed by atoms with E-state index in [4.69, 9.17) is 9.84 Å². The molecule has 1 aromatic heterocycles. The van der Waals surface area contributed by atoms with E-state index in [-0.39, 0.29) is 24.6 Å². The molecule has 2 atom stereocenters. The molecule has 0 aliphatic carbocycles. The number of Topliss-reactive ketones (excluding diaryl/α,β-unsaturated/α-hetero) is 2. The summed E-state index contributed by atoms with van der Waals surface area (Å²) in [5.74, 6) is -2.50. The molecule has 1 rings (SSSR count). The minimum absolute atomic E-state index is 0.0305. The van der Waals surface area contributed by atoms with Crippen LogP contribution in [-0.4, -0.2) is 40.3 Å². The Hall–Kier alpha value is -2.08. The Balaban J connectivity index is 2.71. The fourth-order valence-corrected chi connectivity index (χ4v) is 1.84. The first-order chi connectivity index (χ1) is 9.82. The summed E-state index contributed by atoms with van der Waals surface area (Å²) in [7, 11) is 0. The van der Waals surface area contributed by atoms with Gasteiger partial charge in [-0.25, -0.2) is 4.79 Å². The lowest BCUT2D eigenvalue weighted by molar-refractivity contribution is -0.149. The van der Waals surface area contributed by atoms with Gasteiger partial charge in [0.1, 0.15) is 5.78 Å². The van der Waals surface area contributed by atoms with Gasteiger partial charge in [0, 0.05) is 24.6 Å². The average Bonchev–Trinajstić information content (AvgIpc) is 2.42. The SMILES string of the molecule is CC(=O)C(CCOC(C)C(=O)O)C(=O)c1cncc(C)c1. The minimum Gasteiger partial charge on any atom is -0.479 e. The van der Waals surface area contributed by atoms with Crippen molar-refractivity contribution >= 4 is 17.5 Å². The number of aromatic nitrogens is 1. The van der Waals surface area contributed by atoms with Gasteiger partial charge in [-0.2, -0.15) is 0 Å². The third-order valence-corrected chi connectivity index (χ3v) is 3.09. The van der Waals surface area contributed by atoms with Crippen molar-refractivity contribution in [2.24, 2.45) is 5.92 Å². The first-order valence-electron chi connectivity index (χ1n) is 6.63. The molecule has 6 nitrogen and oxygen atoms in total. The Morgan fingerprint density at radius 2 is 2.00 bits per heavy atom. The van der Waals surface area contributed by atoms with E-state index in [1.54, 1.807) is 12.3 Å². The number of nitrogens with zero attached hydrogens (tertiary/aromatic N) is 1. The second-order valence-corrected chi connectivity index (χ2v) is 4.92. The van der Waals surface area contributed by atoms with Gasteiger partial charge in [0.2, 0.25) is 0 Å². The highest BCUT2D eigenvalue weighted by molar-refractivity contribution is 6.09. The van der Waals surface area contributed by atoms with E-state index >= 15 is 0 Å². The molecule has 0 saturated carbocycles. The predicted octanol–water partition coefficient (Wildman–Crippen LogP) is 1.66. The van der Waals surface area contributed by atoms with Crippen LogP contribution < -0.4 is 0 Å². The number of carbonyl (C=O) groups excluding carboxylic acids is 2. The summed E-state index contributed by atoms with van der Waals surface area (Å²) in [6.45, 7) is 4.58. The van der Waals surface area contributed by atoms with Gasteiger partial charge in [0.05, 0.1) is 5.92 Å². The van der Waals surface area contributed by atoms with Crippen LogP contribution in [0, 0.1) is 12.8 Å². The predicted molar refractivity (Wildman–Crippen MR) is 75.1 cm³/mol. The van der Waals surface area contributed by atoms with Crippen molar-refractivity contribution in [1.29, 1.82) is 0 Å². The molecule has 0 bridgehead atoms. The summed E-state index contributed by atoms with van der Waals surface area (Å²) in [6, 6.07) is 1.67. The van der Waals surface area contributed by atoms with Crippen LogP contribution in [0.25, 0.3) is 0 Å². The molecule has 6 heteroatoms. The Morgan fingerprint density at radius 3 is 2.52 bits per heavy atom.